The molecular weight excluding hydrogens is 389 g/mol. The average Bonchev–Trinajstić information content (AvgIpc) is 3.09. The van der Waals surface area contributed by atoms with E-state index in [9.17, 15) is 0 Å². The first-order valence-corrected chi connectivity index (χ1v) is 8.96. The Labute approximate surface area is 167 Å². The highest BCUT2D eigenvalue weighted by Gasteiger charge is 2.28. The van der Waals surface area contributed by atoms with Crippen molar-refractivity contribution in [3.05, 3.63) is 100 Å². The first kappa shape index (κ1) is 17.2. The summed E-state index contributed by atoms with van der Waals surface area (Å²) in [6.07, 6.45) is 0. The van der Waals surface area contributed by atoms with E-state index in [4.69, 9.17) is 39.9 Å². The van der Waals surface area contributed by atoms with Crippen LogP contribution in [-0.4, -0.2) is 5.84 Å². The Morgan fingerprint density at radius 3 is 1.62 bits per heavy atom. The van der Waals surface area contributed by atoms with Gasteiger partial charge in [-0.05, 0) is 72.8 Å². The smallest absolute Gasteiger partial charge is 0.237 e. The van der Waals surface area contributed by atoms with Crippen molar-refractivity contribution in [3.8, 4) is 0 Å². The second-order valence-corrected chi connectivity index (χ2v) is 6.94. The van der Waals surface area contributed by atoms with E-state index >= 15 is 0 Å². The highest BCUT2D eigenvalue weighted by atomic mass is 35.5. The first-order chi connectivity index (χ1) is 12.6. The minimum atomic E-state index is 0.671. The van der Waals surface area contributed by atoms with Crippen LogP contribution in [-0.2, 0) is 0 Å². The third kappa shape index (κ3) is 3.51. The van der Waals surface area contributed by atoms with Gasteiger partial charge in [-0.2, -0.15) is 5.10 Å². The van der Waals surface area contributed by atoms with E-state index in [0.29, 0.717) is 15.1 Å². The van der Waals surface area contributed by atoms with Crippen LogP contribution < -0.4 is 9.91 Å². The van der Waals surface area contributed by atoms with E-state index in [-0.39, 0.29) is 0 Å². The van der Waals surface area contributed by atoms with Crippen LogP contribution in [0.5, 0.6) is 0 Å². The van der Waals surface area contributed by atoms with E-state index < -0.39 is 0 Å². The van der Waals surface area contributed by atoms with E-state index in [2.05, 4.69) is 6.67 Å². The van der Waals surface area contributed by atoms with Gasteiger partial charge in [-0.25, -0.2) is 5.01 Å². The second-order valence-electron chi connectivity index (χ2n) is 5.63. The van der Waals surface area contributed by atoms with Gasteiger partial charge >= 0.3 is 0 Å². The fraction of sp³-hybridized carbons (Fsp3) is 0. The SMILES string of the molecule is Clc1ccc(C2=NN(c3ccc(Cl)cc3)[C]N2c2ccc(Cl)cc2)cc1. The topological polar surface area (TPSA) is 18.8 Å². The summed E-state index contributed by atoms with van der Waals surface area (Å²) in [5.41, 5.74) is 2.69. The lowest BCUT2D eigenvalue weighted by molar-refractivity contribution is 1.02. The predicted molar refractivity (Wildman–Crippen MR) is 109 cm³/mol. The summed E-state index contributed by atoms with van der Waals surface area (Å²) in [6.45, 7) is 3.27. The molecular formula is C20H12Cl3N3. The van der Waals surface area contributed by atoms with Gasteiger partial charge in [-0.3, -0.25) is 4.90 Å². The minimum absolute atomic E-state index is 0.671. The molecule has 0 aliphatic carbocycles. The zero-order valence-corrected chi connectivity index (χ0v) is 15.7. The van der Waals surface area contributed by atoms with Crippen LogP contribution >= 0.6 is 34.8 Å². The highest BCUT2D eigenvalue weighted by molar-refractivity contribution is 6.31. The predicted octanol–water partition coefficient (Wildman–Crippen LogP) is 6.33. The summed E-state index contributed by atoms with van der Waals surface area (Å²) >= 11 is 18.0. The molecule has 1 heterocycles. The number of nitrogens with zero attached hydrogens (tertiary/aromatic N) is 3. The highest BCUT2D eigenvalue weighted by Crippen LogP contribution is 2.31. The third-order valence-corrected chi connectivity index (χ3v) is 4.62. The molecule has 3 nitrogen and oxygen atoms in total. The van der Waals surface area contributed by atoms with Crippen LogP contribution in [0.25, 0.3) is 0 Å². The van der Waals surface area contributed by atoms with Gasteiger partial charge in [-0.1, -0.05) is 34.8 Å². The number of hydrogen-bond donors (Lipinski definition) is 0. The summed E-state index contributed by atoms with van der Waals surface area (Å²) in [6, 6.07) is 22.5. The molecule has 4 rings (SSSR count). The van der Waals surface area contributed by atoms with Gasteiger partial charge in [0, 0.05) is 26.3 Å². The van der Waals surface area contributed by atoms with Crippen LogP contribution in [0.3, 0.4) is 0 Å². The normalized spacial score (nSPS) is 13.9. The maximum Gasteiger partial charge on any atom is 0.237 e. The number of hydrogen-bond acceptors (Lipinski definition) is 3. The van der Waals surface area contributed by atoms with Gasteiger partial charge in [0.25, 0.3) is 0 Å². The maximum absolute atomic E-state index is 6.02. The molecule has 2 radical (unpaired) electrons. The monoisotopic (exact) mass is 399 g/mol. The Morgan fingerprint density at radius 1 is 0.615 bits per heavy atom. The molecule has 0 saturated heterocycles. The summed E-state index contributed by atoms with van der Waals surface area (Å²) < 4.78 is 0. The molecule has 0 N–H and O–H groups in total. The zero-order chi connectivity index (χ0) is 18.1. The van der Waals surface area contributed by atoms with Crippen molar-refractivity contribution in [1.82, 2.24) is 0 Å². The standard InChI is InChI=1S/C20H12Cl3N3/c21-15-3-1-14(2-4-15)20-24-26(19-11-7-17(23)8-12-19)13-25(20)18-9-5-16(22)6-10-18/h1-12H. The fourth-order valence-corrected chi connectivity index (χ4v) is 2.94. The zero-order valence-electron chi connectivity index (χ0n) is 13.4. The van der Waals surface area contributed by atoms with Gasteiger partial charge in [0.15, 0.2) is 5.84 Å². The maximum atomic E-state index is 6.02. The molecule has 0 spiro atoms. The number of benzene rings is 3. The van der Waals surface area contributed by atoms with Crippen molar-refractivity contribution in [3.63, 3.8) is 0 Å². The lowest BCUT2D eigenvalue weighted by Crippen LogP contribution is -2.26. The van der Waals surface area contributed by atoms with Crippen molar-refractivity contribution in [2.24, 2.45) is 5.10 Å². The Morgan fingerprint density at radius 2 is 1.08 bits per heavy atom. The number of anilines is 2. The summed E-state index contributed by atoms with van der Waals surface area (Å²) in [4.78, 5) is 1.88. The van der Waals surface area contributed by atoms with Crippen LogP contribution in [0.2, 0.25) is 15.1 Å². The Balaban J connectivity index is 1.74. The van der Waals surface area contributed by atoms with E-state index in [1.165, 1.54) is 0 Å². The quantitative estimate of drug-likeness (QED) is 0.511. The number of hydrazone groups is 1. The molecule has 6 heteroatoms. The molecule has 0 amide bonds. The number of rotatable bonds is 3. The lowest BCUT2D eigenvalue weighted by atomic mass is 10.2. The van der Waals surface area contributed by atoms with Crippen molar-refractivity contribution < 1.29 is 0 Å². The largest absolute Gasteiger partial charge is 0.291 e. The van der Waals surface area contributed by atoms with E-state index in [1.807, 2.05) is 77.7 Å². The Bertz CT molecular complexity index is 936. The first-order valence-electron chi connectivity index (χ1n) is 7.82. The summed E-state index contributed by atoms with van der Waals surface area (Å²) in [5, 5.41) is 8.42. The van der Waals surface area contributed by atoms with Gasteiger partial charge in [-0.15, -0.1) is 0 Å². The minimum Gasteiger partial charge on any atom is -0.291 e. The molecule has 3 aromatic rings. The lowest BCUT2D eigenvalue weighted by Gasteiger charge is -2.19. The van der Waals surface area contributed by atoms with E-state index in [1.54, 1.807) is 5.01 Å². The molecule has 0 atom stereocenters. The molecule has 0 saturated carbocycles. The van der Waals surface area contributed by atoms with Gasteiger partial charge in [0.1, 0.15) is 0 Å². The molecule has 3 aromatic carbocycles. The van der Waals surface area contributed by atoms with Gasteiger partial charge in [0.05, 0.1) is 5.69 Å². The Hall–Kier alpha value is -2.20. The van der Waals surface area contributed by atoms with Crippen molar-refractivity contribution in [1.29, 1.82) is 0 Å². The van der Waals surface area contributed by atoms with Gasteiger partial charge in [0.2, 0.25) is 6.67 Å². The van der Waals surface area contributed by atoms with Crippen LogP contribution in [0.15, 0.2) is 77.9 Å². The Kier molecular flexibility index (Phi) is 4.77. The van der Waals surface area contributed by atoms with E-state index in [0.717, 1.165) is 22.8 Å². The van der Waals surface area contributed by atoms with Crippen molar-refractivity contribution in [2.45, 2.75) is 0 Å². The average molecular weight is 401 g/mol. The molecule has 0 aromatic heterocycles. The molecule has 0 bridgehead atoms. The summed E-state index contributed by atoms with van der Waals surface area (Å²) in [7, 11) is 0. The van der Waals surface area contributed by atoms with Crippen LogP contribution in [0.1, 0.15) is 5.56 Å². The third-order valence-electron chi connectivity index (χ3n) is 3.86. The molecule has 1 aliphatic rings. The van der Waals surface area contributed by atoms with Crippen LogP contribution in [0.4, 0.5) is 11.4 Å². The fourth-order valence-electron chi connectivity index (χ4n) is 2.56. The molecule has 0 fully saturated rings. The van der Waals surface area contributed by atoms with Crippen LogP contribution in [0, 0.1) is 6.67 Å². The molecule has 128 valence electrons. The number of amidine groups is 1. The molecule has 0 unspecified atom stereocenters. The molecule has 26 heavy (non-hydrogen) atoms. The second kappa shape index (κ2) is 7.20. The number of halogens is 3. The van der Waals surface area contributed by atoms with Gasteiger partial charge < -0.3 is 0 Å². The van der Waals surface area contributed by atoms with Crippen molar-refractivity contribution in [2.75, 3.05) is 9.91 Å². The van der Waals surface area contributed by atoms with Crippen molar-refractivity contribution >= 4 is 52.0 Å². The summed E-state index contributed by atoms with van der Waals surface area (Å²) in [5.74, 6) is 0.735. The molecule has 1 aliphatic heterocycles.